The topological polar surface area (TPSA) is 26.3 Å². The fraction of sp³-hybridized carbons (Fsp3) is 0.933. The molecule has 0 unspecified atom stereocenters. The van der Waals surface area contributed by atoms with Crippen LogP contribution in [0, 0.1) is 0 Å². The summed E-state index contributed by atoms with van der Waals surface area (Å²) < 4.78 is 225. The minimum Gasteiger partial charge on any atom is -0.461 e. The second-order valence-electron chi connectivity index (χ2n) is 6.72. The Morgan fingerprint density at radius 2 is 0.882 bits per heavy atom. The molecule has 0 fully saturated rings. The van der Waals surface area contributed by atoms with Crippen LogP contribution in [0.2, 0.25) is 0 Å². The molecule has 0 aromatic rings. The molecular weight excluding hydrogens is 535 g/mol. The van der Waals surface area contributed by atoms with Crippen LogP contribution < -0.4 is 0 Å². The van der Waals surface area contributed by atoms with Crippen molar-refractivity contribution < 1.29 is 84.2 Å². The molecule has 0 rings (SSSR count). The molecular formula is C15H13F17O2. The number of carbonyl (C=O) groups is 1. The molecule has 0 N–H and O–H groups in total. The summed E-state index contributed by atoms with van der Waals surface area (Å²) in [6, 6.07) is 0. The molecule has 0 amide bonds. The molecule has 0 spiro atoms. The Balaban J connectivity index is 6.32. The van der Waals surface area contributed by atoms with E-state index in [4.69, 9.17) is 0 Å². The number of hydrogen-bond acceptors (Lipinski definition) is 2. The standard InChI is InChI=1S/C15H13F17O2/c1-2-3-4-5-6-34-7(33)8(16,17)9(18,19)10(20,21)11(22,23)12(24,25)13(26,27)14(28,29)15(30,31)32/h2-6H2,1H3. The summed E-state index contributed by atoms with van der Waals surface area (Å²) in [5.74, 6) is -61.7. The van der Waals surface area contributed by atoms with Crippen molar-refractivity contribution in [2.75, 3.05) is 6.61 Å². The fourth-order valence-corrected chi connectivity index (χ4v) is 2.08. The summed E-state index contributed by atoms with van der Waals surface area (Å²) in [6.07, 6.45) is -7.28. The van der Waals surface area contributed by atoms with Crippen molar-refractivity contribution in [2.24, 2.45) is 0 Å². The van der Waals surface area contributed by atoms with Crippen molar-refractivity contribution in [3.05, 3.63) is 0 Å². The van der Waals surface area contributed by atoms with Gasteiger partial charge in [0.1, 0.15) is 0 Å². The lowest BCUT2D eigenvalue weighted by atomic mass is 9.89. The number of alkyl halides is 17. The Morgan fingerprint density at radius 3 is 1.24 bits per heavy atom. The van der Waals surface area contributed by atoms with Gasteiger partial charge in [-0.25, -0.2) is 4.79 Å². The van der Waals surface area contributed by atoms with Crippen molar-refractivity contribution in [1.82, 2.24) is 0 Å². The average molecular weight is 548 g/mol. The first-order valence-electron chi connectivity index (χ1n) is 8.62. The highest BCUT2D eigenvalue weighted by molar-refractivity contribution is 5.79. The van der Waals surface area contributed by atoms with Crippen molar-refractivity contribution in [3.63, 3.8) is 0 Å². The number of rotatable bonds is 12. The number of carbonyl (C=O) groups excluding carboxylic acids is 1. The zero-order valence-corrected chi connectivity index (χ0v) is 16.3. The van der Waals surface area contributed by atoms with E-state index in [0.717, 1.165) is 0 Å². The molecule has 2 nitrogen and oxygen atoms in total. The van der Waals surface area contributed by atoms with E-state index >= 15 is 0 Å². The number of hydrogen-bond donors (Lipinski definition) is 0. The van der Waals surface area contributed by atoms with Crippen LogP contribution in [0.3, 0.4) is 0 Å². The smallest absolute Gasteiger partial charge is 0.460 e. The van der Waals surface area contributed by atoms with Gasteiger partial charge in [-0.2, -0.15) is 74.6 Å². The Morgan fingerprint density at radius 1 is 0.529 bits per heavy atom. The third-order valence-electron chi connectivity index (χ3n) is 4.21. The van der Waals surface area contributed by atoms with Gasteiger partial charge in [0.05, 0.1) is 6.61 Å². The summed E-state index contributed by atoms with van der Waals surface area (Å²) in [5.41, 5.74) is 0. The van der Waals surface area contributed by atoms with Gasteiger partial charge in [-0.3, -0.25) is 0 Å². The summed E-state index contributed by atoms with van der Waals surface area (Å²) >= 11 is 0. The van der Waals surface area contributed by atoms with Gasteiger partial charge in [-0.15, -0.1) is 0 Å². The van der Waals surface area contributed by atoms with Gasteiger partial charge < -0.3 is 4.74 Å². The van der Waals surface area contributed by atoms with Crippen molar-refractivity contribution in [3.8, 4) is 0 Å². The largest absolute Gasteiger partial charge is 0.461 e. The quantitative estimate of drug-likeness (QED) is 0.148. The van der Waals surface area contributed by atoms with Gasteiger partial charge in [0.15, 0.2) is 0 Å². The second kappa shape index (κ2) is 9.39. The third kappa shape index (κ3) is 4.70. The molecule has 0 aromatic carbocycles. The van der Waals surface area contributed by atoms with E-state index < -0.39 is 60.2 Å². The number of esters is 1. The van der Waals surface area contributed by atoms with E-state index in [1.165, 1.54) is 0 Å². The van der Waals surface area contributed by atoms with Gasteiger partial charge in [0.25, 0.3) is 0 Å². The number of halogens is 17. The molecule has 0 saturated heterocycles. The molecule has 0 atom stereocenters. The van der Waals surface area contributed by atoms with E-state index in [1.54, 1.807) is 6.92 Å². The molecule has 0 aromatic heterocycles. The lowest BCUT2D eigenvalue weighted by Gasteiger charge is -2.42. The van der Waals surface area contributed by atoms with E-state index in [-0.39, 0.29) is 12.8 Å². The van der Waals surface area contributed by atoms with E-state index in [2.05, 4.69) is 4.74 Å². The zero-order chi connectivity index (χ0) is 27.8. The van der Waals surface area contributed by atoms with Crippen LogP contribution in [0.25, 0.3) is 0 Å². The van der Waals surface area contributed by atoms with E-state index in [1.807, 2.05) is 0 Å². The monoisotopic (exact) mass is 548 g/mol. The highest BCUT2D eigenvalue weighted by Gasteiger charge is 2.95. The normalized spacial score (nSPS) is 15.5. The molecule has 0 saturated carbocycles. The SMILES string of the molecule is CCCCCCOC(=O)C(F)(F)C(F)(F)C(F)(F)C(F)(F)C(F)(F)C(F)(F)C(F)(F)C(F)(F)F. The first-order chi connectivity index (χ1) is 14.7. The molecule has 34 heavy (non-hydrogen) atoms. The maximum atomic E-state index is 13.5. The molecule has 0 bridgehead atoms. The van der Waals surface area contributed by atoms with Crippen molar-refractivity contribution in [2.45, 2.75) is 80.2 Å². The minimum absolute atomic E-state index is 0.0781. The highest BCUT2D eigenvalue weighted by atomic mass is 19.4. The first kappa shape index (κ1) is 32.3. The predicted octanol–water partition coefficient (Wildman–Crippen LogP) is 7.12. The highest BCUT2D eigenvalue weighted by Crippen LogP contribution is 2.64. The Hall–Kier alpha value is -1.72. The van der Waals surface area contributed by atoms with Crippen LogP contribution in [-0.2, 0) is 9.53 Å². The Kier molecular flexibility index (Phi) is 8.91. The van der Waals surface area contributed by atoms with Crippen LogP contribution >= 0.6 is 0 Å². The van der Waals surface area contributed by atoms with Crippen LogP contribution in [0.5, 0.6) is 0 Å². The molecule has 204 valence electrons. The zero-order valence-electron chi connectivity index (χ0n) is 16.3. The second-order valence-corrected chi connectivity index (χ2v) is 6.72. The number of unbranched alkanes of at least 4 members (excludes halogenated alkanes) is 3. The molecule has 0 aliphatic carbocycles. The fourth-order valence-electron chi connectivity index (χ4n) is 2.08. The maximum Gasteiger partial charge on any atom is 0.460 e. The molecule has 0 heterocycles. The Bertz CT molecular complexity index is 710. The lowest BCUT2D eigenvalue weighted by Crippen LogP contribution is -2.75. The summed E-state index contributed by atoms with van der Waals surface area (Å²) in [5, 5.41) is 0. The van der Waals surface area contributed by atoms with Gasteiger partial charge in [-0.1, -0.05) is 26.2 Å². The van der Waals surface area contributed by atoms with Gasteiger partial charge in [-0.05, 0) is 6.42 Å². The van der Waals surface area contributed by atoms with Crippen LogP contribution in [0.1, 0.15) is 32.6 Å². The van der Waals surface area contributed by atoms with Gasteiger partial charge >= 0.3 is 53.6 Å². The first-order valence-corrected chi connectivity index (χ1v) is 8.62. The van der Waals surface area contributed by atoms with E-state index in [9.17, 15) is 79.4 Å². The molecule has 19 heteroatoms. The third-order valence-corrected chi connectivity index (χ3v) is 4.21. The van der Waals surface area contributed by atoms with Gasteiger partial charge in [0, 0.05) is 0 Å². The van der Waals surface area contributed by atoms with E-state index in [0.29, 0.717) is 12.8 Å². The maximum absolute atomic E-state index is 13.5. The molecule has 0 radical (unpaired) electrons. The Labute approximate surface area is 178 Å². The van der Waals surface area contributed by atoms with Crippen molar-refractivity contribution in [1.29, 1.82) is 0 Å². The van der Waals surface area contributed by atoms with Gasteiger partial charge in [0.2, 0.25) is 0 Å². The van der Waals surface area contributed by atoms with Crippen molar-refractivity contribution >= 4 is 5.97 Å². The number of ether oxygens (including phenoxy) is 1. The minimum atomic E-state index is -8.73. The summed E-state index contributed by atoms with van der Waals surface area (Å²) in [4.78, 5) is 11.0. The summed E-state index contributed by atoms with van der Waals surface area (Å²) in [6.45, 7) is 0.394. The molecule has 0 aliphatic heterocycles. The molecule has 0 aliphatic rings. The van der Waals surface area contributed by atoms with Crippen LogP contribution in [0.15, 0.2) is 0 Å². The average Bonchev–Trinajstić information content (AvgIpc) is 2.65. The lowest BCUT2D eigenvalue weighted by molar-refractivity contribution is -0.460. The van der Waals surface area contributed by atoms with Crippen LogP contribution in [-0.4, -0.2) is 60.2 Å². The van der Waals surface area contributed by atoms with Crippen LogP contribution in [0.4, 0.5) is 74.6 Å². The summed E-state index contributed by atoms with van der Waals surface area (Å²) in [7, 11) is 0. The predicted molar refractivity (Wildman–Crippen MR) is 75.8 cm³/mol.